The van der Waals surface area contributed by atoms with Crippen LogP contribution in [0, 0.1) is 20.8 Å². The van der Waals surface area contributed by atoms with Gasteiger partial charge in [-0.1, -0.05) is 30.3 Å². The van der Waals surface area contributed by atoms with Crippen LogP contribution < -0.4 is 10.2 Å². The van der Waals surface area contributed by atoms with Crippen molar-refractivity contribution in [3.63, 3.8) is 0 Å². The Kier molecular flexibility index (Phi) is 7.05. The standard InChI is InChI=1S/C26H35N5/c1-21-8-7-11-26(23(21)3)30-18-16-29(17-19-30)15-14-27-13-12-24-20-22(2)31(28-24)25-9-5-4-6-10-25/h4-11,20,27H,12-19H2,1-3H3. The van der Waals surface area contributed by atoms with Crippen molar-refractivity contribution in [2.75, 3.05) is 50.7 Å². The van der Waals surface area contributed by atoms with E-state index in [1.807, 2.05) is 10.7 Å². The number of nitrogens with zero attached hydrogens (tertiary/aromatic N) is 4. The predicted octanol–water partition coefficient (Wildman–Crippen LogP) is 3.75. The van der Waals surface area contributed by atoms with E-state index in [-0.39, 0.29) is 0 Å². The van der Waals surface area contributed by atoms with E-state index < -0.39 is 0 Å². The average Bonchev–Trinajstić information content (AvgIpc) is 3.17. The summed E-state index contributed by atoms with van der Waals surface area (Å²) in [6.45, 7) is 14.2. The highest BCUT2D eigenvalue weighted by molar-refractivity contribution is 5.56. The van der Waals surface area contributed by atoms with Crippen LogP contribution in [0.1, 0.15) is 22.5 Å². The fourth-order valence-electron chi connectivity index (χ4n) is 4.36. The van der Waals surface area contributed by atoms with Crippen LogP contribution in [0.3, 0.4) is 0 Å². The lowest BCUT2D eigenvalue weighted by molar-refractivity contribution is 0.258. The first-order valence-corrected chi connectivity index (χ1v) is 11.5. The summed E-state index contributed by atoms with van der Waals surface area (Å²) < 4.78 is 2.03. The largest absolute Gasteiger partial charge is 0.369 e. The summed E-state index contributed by atoms with van der Waals surface area (Å²) >= 11 is 0. The molecule has 1 saturated heterocycles. The topological polar surface area (TPSA) is 36.3 Å². The third-order valence-electron chi connectivity index (χ3n) is 6.39. The molecular formula is C26H35N5. The molecule has 1 N–H and O–H groups in total. The summed E-state index contributed by atoms with van der Waals surface area (Å²) in [5.74, 6) is 0. The van der Waals surface area contributed by atoms with Gasteiger partial charge in [-0.25, -0.2) is 4.68 Å². The number of aromatic nitrogens is 2. The lowest BCUT2D eigenvalue weighted by atomic mass is 10.1. The summed E-state index contributed by atoms with van der Waals surface area (Å²) in [6.07, 6.45) is 0.959. The van der Waals surface area contributed by atoms with E-state index >= 15 is 0 Å². The minimum Gasteiger partial charge on any atom is -0.369 e. The molecule has 5 nitrogen and oxygen atoms in total. The van der Waals surface area contributed by atoms with Crippen molar-refractivity contribution in [3.05, 3.63) is 77.1 Å². The lowest BCUT2D eigenvalue weighted by Crippen LogP contribution is -2.48. The van der Waals surface area contributed by atoms with Gasteiger partial charge in [0.05, 0.1) is 11.4 Å². The Labute approximate surface area is 186 Å². The van der Waals surface area contributed by atoms with Crippen LogP contribution in [0.25, 0.3) is 5.69 Å². The van der Waals surface area contributed by atoms with Crippen LogP contribution in [0.2, 0.25) is 0 Å². The van der Waals surface area contributed by atoms with Gasteiger partial charge in [0.1, 0.15) is 0 Å². The zero-order valence-corrected chi connectivity index (χ0v) is 19.1. The SMILES string of the molecule is Cc1cccc(N2CCN(CCNCCc3cc(C)n(-c4ccccc4)n3)CC2)c1C. The minimum atomic E-state index is 0.959. The number of piperazine rings is 1. The van der Waals surface area contributed by atoms with E-state index in [4.69, 9.17) is 5.10 Å². The Bertz CT molecular complexity index is 971. The molecule has 0 atom stereocenters. The van der Waals surface area contributed by atoms with Crippen LogP contribution in [0.5, 0.6) is 0 Å². The molecule has 164 valence electrons. The third kappa shape index (κ3) is 5.35. The van der Waals surface area contributed by atoms with Crippen LogP contribution in [0.15, 0.2) is 54.6 Å². The molecule has 1 fully saturated rings. The van der Waals surface area contributed by atoms with E-state index in [1.165, 1.54) is 22.5 Å². The minimum absolute atomic E-state index is 0.959. The maximum absolute atomic E-state index is 4.78. The van der Waals surface area contributed by atoms with Gasteiger partial charge in [-0.15, -0.1) is 0 Å². The second kappa shape index (κ2) is 10.1. The number of aryl methyl sites for hydroxylation is 2. The van der Waals surface area contributed by atoms with Crippen LogP contribution >= 0.6 is 0 Å². The summed E-state index contributed by atoms with van der Waals surface area (Å²) in [4.78, 5) is 5.11. The van der Waals surface area contributed by atoms with E-state index in [1.54, 1.807) is 0 Å². The molecule has 4 rings (SSSR count). The number of hydrogen-bond acceptors (Lipinski definition) is 4. The number of anilines is 1. The van der Waals surface area contributed by atoms with Crippen molar-refractivity contribution in [1.29, 1.82) is 0 Å². The highest BCUT2D eigenvalue weighted by atomic mass is 15.3. The van der Waals surface area contributed by atoms with Crippen molar-refractivity contribution < 1.29 is 0 Å². The molecule has 1 aromatic heterocycles. The Morgan fingerprint density at radius 3 is 2.42 bits per heavy atom. The van der Waals surface area contributed by atoms with Gasteiger partial charge in [0, 0.05) is 63.6 Å². The molecular weight excluding hydrogens is 382 g/mol. The van der Waals surface area contributed by atoms with Crippen molar-refractivity contribution in [3.8, 4) is 5.69 Å². The Hall–Kier alpha value is -2.63. The Morgan fingerprint density at radius 2 is 1.65 bits per heavy atom. The van der Waals surface area contributed by atoms with Gasteiger partial charge in [-0.05, 0) is 56.2 Å². The van der Waals surface area contributed by atoms with Crippen molar-refractivity contribution in [2.45, 2.75) is 27.2 Å². The van der Waals surface area contributed by atoms with Crippen molar-refractivity contribution in [1.82, 2.24) is 20.0 Å². The molecule has 2 heterocycles. The summed E-state index contributed by atoms with van der Waals surface area (Å²) in [6, 6.07) is 19.2. The number of benzene rings is 2. The number of para-hydroxylation sites is 1. The van der Waals surface area contributed by atoms with E-state index in [0.717, 1.165) is 63.6 Å². The molecule has 1 aliphatic heterocycles. The normalized spacial score (nSPS) is 14.9. The molecule has 3 aromatic rings. The second-order valence-electron chi connectivity index (χ2n) is 8.57. The van der Waals surface area contributed by atoms with Gasteiger partial charge in [-0.3, -0.25) is 4.90 Å². The molecule has 0 bridgehead atoms. The first kappa shape index (κ1) is 21.6. The van der Waals surface area contributed by atoms with Crippen LogP contribution in [-0.2, 0) is 6.42 Å². The summed E-state index contributed by atoms with van der Waals surface area (Å²) in [7, 11) is 0. The van der Waals surface area contributed by atoms with Crippen LogP contribution in [0.4, 0.5) is 5.69 Å². The van der Waals surface area contributed by atoms with Crippen molar-refractivity contribution in [2.24, 2.45) is 0 Å². The molecule has 5 heteroatoms. The predicted molar refractivity (Wildman–Crippen MR) is 129 cm³/mol. The van der Waals surface area contributed by atoms with Gasteiger partial charge in [0.2, 0.25) is 0 Å². The van der Waals surface area contributed by atoms with Gasteiger partial charge in [0.25, 0.3) is 0 Å². The monoisotopic (exact) mass is 417 g/mol. The van der Waals surface area contributed by atoms with Gasteiger partial charge >= 0.3 is 0 Å². The maximum Gasteiger partial charge on any atom is 0.0648 e. The zero-order chi connectivity index (χ0) is 21.6. The Balaban J connectivity index is 1.17. The number of nitrogens with one attached hydrogen (secondary N) is 1. The smallest absolute Gasteiger partial charge is 0.0648 e. The van der Waals surface area contributed by atoms with Gasteiger partial charge < -0.3 is 10.2 Å². The second-order valence-corrected chi connectivity index (χ2v) is 8.57. The van der Waals surface area contributed by atoms with Gasteiger partial charge in [-0.2, -0.15) is 5.10 Å². The molecule has 0 amide bonds. The van der Waals surface area contributed by atoms with E-state index in [2.05, 4.69) is 84.4 Å². The molecule has 1 aliphatic rings. The molecule has 2 aromatic carbocycles. The lowest BCUT2D eigenvalue weighted by Gasteiger charge is -2.37. The zero-order valence-electron chi connectivity index (χ0n) is 19.1. The van der Waals surface area contributed by atoms with Gasteiger partial charge in [0.15, 0.2) is 0 Å². The average molecular weight is 418 g/mol. The summed E-state index contributed by atoms with van der Waals surface area (Å²) in [5, 5.41) is 8.38. The number of hydrogen-bond donors (Lipinski definition) is 1. The first-order valence-electron chi connectivity index (χ1n) is 11.5. The molecule has 31 heavy (non-hydrogen) atoms. The summed E-state index contributed by atoms with van der Waals surface area (Å²) in [5.41, 5.74) is 7.66. The quantitative estimate of drug-likeness (QED) is 0.567. The van der Waals surface area contributed by atoms with Crippen molar-refractivity contribution >= 4 is 5.69 Å². The maximum atomic E-state index is 4.78. The molecule has 0 saturated carbocycles. The molecule has 0 aliphatic carbocycles. The molecule has 0 radical (unpaired) electrons. The Morgan fingerprint density at radius 1 is 0.871 bits per heavy atom. The highest BCUT2D eigenvalue weighted by Crippen LogP contribution is 2.23. The number of rotatable bonds is 8. The van der Waals surface area contributed by atoms with Crippen LogP contribution in [-0.4, -0.2) is 60.5 Å². The van der Waals surface area contributed by atoms with E-state index in [0.29, 0.717) is 0 Å². The first-order chi connectivity index (χ1) is 15.1. The fraction of sp³-hybridized carbons (Fsp3) is 0.423. The third-order valence-corrected chi connectivity index (χ3v) is 6.39. The fourth-order valence-corrected chi connectivity index (χ4v) is 4.36. The molecule has 0 spiro atoms. The van der Waals surface area contributed by atoms with E-state index in [9.17, 15) is 0 Å². The molecule has 0 unspecified atom stereocenters. The highest BCUT2D eigenvalue weighted by Gasteiger charge is 2.18.